The van der Waals surface area contributed by atoms with E-state index in [4.69, 9.17) is 19.3 Å². The molecule has 0 atom stereocenters. The van der Waals surface area contributed by atoms with Gasteiger partial charge in [-0.3, -0.25) is 19.3 Å². The van der Waals surface area contributed by atoms with Gasteiger partial charge in [0.1, 0.15) is 0 Å². The highest BCUT2D eigenvalue weighted by Gasteiger charge is 2.32. The molecule has 144 valence electrons. The number of nitrogens with zero attached hydrogens (tertiary/aromatic N) is 1. The van der Waals surface area contributed by atoms with Crippen LogP contribution in [0.15, 0.2) is 0 Å². The summed E-state index contributed by atoms with van der Waals surface area (Å²) in [4.78, 5) is 46.2. The second kappa shape index (κ2) is 11.4. The summed E-state index contributed by atoms with van der Waals surface area (Å²) in [6.07, 6.45) is 1.01. The van der Waals surface area contributed by atoms with E-state index in [1.807, 2.05) is 0 Å². The number of hydrogen-bond acceptors (Lipinski definition) is 8. The third kappa shape index (κ3) is 11.9. The molecule has 0 aliphatic rings. The maximum atomic E-state index is 12.0. The quantitative estimate of drug-likeness (QED) is 0.303. The normalized spacial score (nSPS) is 11.1. The molecule has 0 fully saturated rings. The largest absolute Gasteiger partial charge is 0.478 e. The van der Waals surface area contributed by atoms with Crippen LogP contribution in [0.25, 0.3) is 0 Å². The Hall–Kier alpha value is -2.16. The lowest BCUT2D eigenvalue weighted by Crippen LogP contribution is -2.41. The van der Waals surface area contributed by atoms with Crippen LogP contribution >= 0.6 is 0 Å². The van der Waals surface area contributed by atoms with Gasteiger partial charge in [-0.05, 0) is 26.7 Å². The summed E-state index contributed by atoms with van der Waals surface area (Å²) in [5, 5.41) is 8.99. The Bertz CT molecular complexity index is 453. The van der Waals surface area contributed by atoms with E-state index in [1.54, 1.807) is 4.90 Å². The Labute approximate surface area is 147 Å². The van der Waals surface area contributed by atoms with E-state index in [0.717, 1.165) is 0 Å². The number of carbonyl (C=O) groups excluding carboxylic acids is 3. The number of carbonyl (C=O) groups is 4. The molecule has 0 saturated heterocycles. The Morgan fingerprint density at radius 1 is 0.920 bits per heavy atom. The molecular weight excluding hydrogens is 334 g/mol. The van der Waals surface area contributed by atoms with Crippen LogP contribution in [0.1, 0.15) is 40.5 Å². The SMILES string of the molecule is CC(=O)OCCCN(CCCOC(C)=O)CC(=O)OC(C)(C)C(=O)O. The molecule has 9 nitrogen and oxygen atoms in total. The number of carboxylic acids is 1. The summed E-state index contributed by atoms with van der Waals surface area (Å²) < 4.78 is 14.6. The van der Waals surface area contributed by atoms with Crippen LogP contribution in [-0.2, 0) is 33.4 Å². The van der Waals surface area contributed by atoms with Gasteiger partial charge in [0, 0.05) is 26.9 Å². The number of rotatable bonds is 12. The third-order valence-corrected chi connectivity index (χ3v) is 3.08. The fraction of sp³-hybridized carbons (Fsp3) is 0.750. The molecule has 0 rings (SSSR count). The summed E-state index contributed by atoms with van der Waals surface area (Å²) in [5.41, 5.74) is -1.61. The second-order valence-corrected chi connectivity index (χ2v) is 5.95. The molecular formula is C16H27NO8. The van der Waals surface area contributed by atoms with Crippen LogP contribution in [0.4, 0.5) is 0 Å². The summed E-state index contributed by atoms with van der Waals surface area (Å²) in [7, 11) is 0. The van der Waals surface area contributed by atoms with Gasteiger partial charge >= 0.3 is 23.9 Å². The van der Waals surface area contributed by atoms with Crippen molar-refractivity contribution in [2.75, 3.05) is 32.8 Å². The van der Waals surface area contributed by atoms with E-state index in [-0.39, 0.29) is 31.7 Å². The van der Waals surface area contributed by atoms with Crippen molar-refractivity contribution >= 4 is 23.9 Å². The Morgan fingerprint density at radius 2 is 1.36 bits per heavy atom. The zero-order chi connectivity index (χ0) is 19.5. The number of aliphatic carboxylic acids is 1. The van der Waals surface area contributed by atoms with Crippen LogP contribution in [0, 0.1) is 0 Å². The highest BCUT2D eigenvalue weighted by Crippen LogP contribution is 2.10. The van der Waals surface area contributed by atoms with Gasteiger partial charge in [-0.15, -0.1) is 0 Å². The zero-order valence-corrected chi connectivity index (χ0v) is 15.2. The van der Waals surface area contributed by atoms with Crippen LogP contribution < -0.4 is 0 Å². The first-order chi connectivity index (χ1) is 11.5. The van der Waals surface area contributed by atoms with Crippen molar-refractivity contribution in [3.63, 3.8) is 0 Å². The minimum atomic E-state index is -1.61. The predicted molar refractivity (Wildman–Crippen MR) is 86.7 cm³/mol. The maximum Gasteiger partial charge on any atom is 0.347 e. The van der Waals surface area contributed by atoms with Crippen molar-refractivity contribution in [3.05, 3.63) is 0 Å². The van der Waals surface area contributed by atoms with Gasteiger partial charge in [-0.1, -0.05) is 0 Å². The molecule has 0 aromatic carbocycles. The molecule has 9 heteroatoms. The Balaban J connectivity index is 4.48. The van der Waals surface area contributed by atoms with Crippen molar-refractivity contribution in [2.45, 2.75) is 46.1 Å². The maximum absolute atomic E-state index is 12.0. The fourth-order valence-electron chi connectivity index (χ4n) is 1.82. The van der Waals surface area contributed by atoms with Crippen LogP contribution in [0.3, 0.4) is 0 Å². The third-order valence-electron chi connectivity index (χ3n) is 3.08. The van der Waals surface area contributed by atoms with Gasteiger partial charge in [0.15, 0.2) is 0 Å². The van der Waals surface area contributed by atoms with E-state index in [0.29, 0.717) is 25.9 Å². The number of carboxylic acid groups (broad SMARTS) is 1. The summed E-state index contributed by atoms with van der Waals surface area (Å²) in [6.45, 7) is 6.39. The lowest BCUT2D eigenvalue weighted by atomic mass is 10.1. The lowest BCUT2D eigenvalue weighted by Gasteiger charge is -2.25. The first-order valence-electron chi connectivity index (χ1n) is 7.99. The first-order valence-corrected chi connectivity index (χ1v) is 7.99. The van der Waals surface area contributed by atoms with Crippen molar-refractivity contribution < 1.29 is 38.5 Å². The summed E-state index contributed by atoms with van der Waals surface area (Å²) in [5.74, 6) is -2.68. The minimum Gasteiger partial charge on any atom is -0.478 e. The van der Waals surface area contributed by atoms with Crippen LogP contribution in [0.5, 0.6) is 0 Å². The molecule has 0 amide bonds. The van der Waals surface area contributed by atoms with E-state index in [9.17, 15) is 19.2 Å². The first kappa shape index (κ1) is 22.8. The molecule has 1 N–H and O–H groups in total. The smallest absolute Gasteiger partial charge is 0.347 e. The van der Waals surface area contributed by atoms with E-state index >= 15 is 0 Å². The Kier molecular flexibility index (Phi) is 10.4. The van der Waals surface area contributed by atoms with Crippen LogP contribution in [-0.4, -0.2) is 72.3 Å². The van der Waals surface area contributed by atoms with E-state index < -0.39 is 17.5 Å². The molecule has 0 bridgehead atoms. The molecule has 0 spiro atoms. The molecule has 0 aliphatic heterocycles. The van der Waals surface area contributed by atoms with Crippen molar-refractivity contribution in [2.24, 2.45) is 0 Å². The highest BCUT2D eigenvalue weighted by molar-refractivity contribution is 5.81. The van der Waals surface area contributed by atoms with Gasteiger partial charge in [0.2, 0.25) is 5.60 Å². The van der Waals surface area contributed by atoms with Gasteiger partial charge in [0.05, 0.1) is 19.8 Å². The van der Waals surface area contributed by atoms with Crippen LogP contribution in [0.2, 0.25) is 0 Å². The van der Waals surface area contributed by atoms with Crippen molar-refractivity contribution in [3.8, 4) is 0 Å². The molecule has 0 heterocycles. The minimum absolute atomic E-state index is 0.114. The molecule has 0 aromatic rings. The average Bonchev–Trinajstić information content (AvgIpc) is 2.46. The topological polar surface area (TPSA) is 119 Å². The molecule has 25 heavy (non-hydrogen) atoms. The summed E-state index contributed by atoms with van der Waals surface area (Å²) in [6, 6.07) is 0. The van der Waals surface area contributed by atoms with Gasteiger partial charge in [0.25, 0.3) is 0 Å². The average molecular weight is 361 g/mol. The molecule has 0 aromatic heterocycles. The van der Waals surface area contributed by atoms with E-state index in [1.165, 1.54) is 27.7 Å². The van der Waals surface area contributed by atoms with Crippen molar-refractivity contribution in [1.29, 1.82) is 0 Å². The second-order valence-electron chi connectivity index (χ2n) is 5.95. The lowest BCUT2D eigenvalue weighted by molar-refractivity contribution is -0.175. The molecule has 0 unspecified atom stereocenters. The molecule has 0 radical (unpaired) electrons. The van der Waals surface area contributed by atoms with Gasteiger partial charge in [-0.2, -0.15) is 0 Å². The highest BCUT2D eigenvalue weighted by atomic mass is 16.6. The molecule has 0 saturated carbocycles. The van der Waals surface area contributed by atoms with Gasteiger partial charge in [-0.25, -0.2) is 4.79 Å². The van der Waals surface area contributed by atoms with E-state index in [2.05, 4.69) is 0 Å². The van der Waals surface area contributed by atoms with Gasteiger partial charge < -0.3 is 19.3 Å². The number of hydrogen-bond donors (Lipinski definition) is 1. The predicted octanol–water partition coefficient (Wildman–Crippen LogP) is 0.601. The van der Waals surface area contributed by atoms with Crippen molar-refractivity contribution in [1.82, 2.24) is 4.90 Å². The fourth-order valence-corrected chi connectivity index (χ4v) is 1.82. The zero-order valence-electron chi connectivity index (χ0n) is 15.2. The summed E-state index contributed by atoms with van der Waals surface area (Å²) >= 11 is 0. The standard InChI is InChI=1S/C16H27NO8/c1-12(18)23-9-5-7-17(8-6-10-24-13(2)19)11-14(20)25-16(3,4)15(21)22/h5-11H2,1-4H3,(H,21,22). The Morgan fingerprint density at radius 3 is 1.72 bits per heavy atom. The number of esters is 3. The molecule has 0 aliphatic carbocycles. The monoisotopic (exact) mass is 361 g/mol. The number of ether oxygens (including phenoxy) is 3.